The van der Waals surface area contributed by atoms with Gasteiger partial charge in [-0.2, -0.15) is 0 Å². The molecule has 3 heterocycles. The molecule has 5 heteroatoms. The number of carbonyl (C=O) groups excluding carboxylic acids is 1. The van der Waals surface area contributed by atoms with Gasteiger partial charge in [-0.1, -0.05) is 13.0 Å². The number of pyridine rings is 1. The molecule has 0 aromatic carbocycles. The lowest BCUT2D eigenvalue weighted by Gasteiger charge is -2.23. The molecule has 110 valence electrons. The number of amides is 1. The highest BCUT2D eigenvalue weighted by Crippen LogP contribution is 2.31. The van der Waals surface area contributed by atoms with Crippen LogP contribution in [-0.2, 0) is 11.2 Å². The molecule has 0 spiro atoms. The third-order valence-corrected chi connectivity index (χ3v) is 4.04. The monoisotopic (exact) mass is 284 g/mol. The molecule has 0 aliphatic carbocycles. The summed E-state index contributed by atoms with van der Waals surface area (Å²) in [6, 6.07) is 6.11. The molecule has 0 saturated carbocycles. The molecular formula is C16H20N4O. The predicted octanol–water partition coefficient (Wildman–Crippen LogP) is 2.51. The Morgan fingerprint density at radius 3 is 3.05 bits per heavy atom. The van der Waals surface area contributed by atoms with Crippen LogP contribution in [0.4, 0.5) is 0 Å². The van der Waals surface area contributed by atoms with Gasteiger partial charge in [0.1, 0.15) is 11.6 Å². The summed E-state index contributed by atoms with van der Waals surface area (Å²) < 4.78 is 2.01. The number of nitrogens with zero attached hydrogens (tertiary/aromatic N) is 4. The van der Waals surface area contributed by atoms with Gasteiger partial charge in [0.05, 0.1) is 11.7 Å². The van der Waals surface area contributed by atoms with Crippen LogP contribution in [0.1, 0.15) is 44.2 Å². The maximum Gasteiger partial charge on any atom is 0.220 e. The Balaban J connectivity index is 1.95. The minimum atomic E-state index is 0.107. The van der Waals surface area contributed by atoms with Gasteiger partial charge in [-0.15, -0.1) is 0 Å². The summed E-state index contributed by atoms with van der Waals surface area (Å²) >= 11 is 0. The molecule has 3 rings (SSSR count). The Morgan fingerprint density at radius 2 is 2.29 bits per heavy atom. The quantitative estimate of drug-likeness (QED) is 0.870. The number of carbonyl (C=O) groups is 1. The third kappa shape index (κ3) is 2.55. The van der Waals surface area contributed by atoms with Crippen LogP contribution >= 0.6 is 0 Å². The van der Waals surface area contributed by atoms with Crippen molar-refractivity contribution in [1.82, 2.24) is 19.4 Å². The van der Waals surface area contributed by atoms with Crippen molar-refractivity contribution in [2.45, 2.75) is 39.2 Å². The normalized spacial score (nSPS) is 18.2. The lowest BCUT2D eigenvalue weighted by Crippen LogP contribution is -2.28. The molecule has 1 atom stereocenters. The van der Waals surface area contributed by atoms with Crippen molar-refractivity contribution in [1.29, 1.82) is 0 Å². The van der Waals surface area contributed by atoms with Crippen LogP contribution in [0, 0.1) is 0 Å². The lowest BCUT2D eigenvalue weighted by molar-refractivity contribution is -0.129. The zero-order valence-electron chi connectivity index (χ0n) is 12.5. The van der Waals surface area contributed by atoms with Crippen molar-refractivity contribution in [3.05, 3.63) is 42.1 Å². The van der Waals surface area contributed by atoms with Gasteiger partial charge in [-0.25, -0.2) is 9.97 Å². The van der Waals surface area contributed by atoms with Gasteiger partial charge in [0.15, 0.2) is 0 Å². The molecule has 1 aliphatic heterocycles. The summed E-state index contributed by atoms with van der Waals surface area (Å²) in [7, 11) is 0. The number of imidazole rings is 1. The van der Waals surface area contributed by atoms with Crippen LogP contribution in [0.15, 0.2) is 30.6 Å². The van der Waals surface area contributed by atoms with Crippen molar-refractivity contribution < 1.29 is 4.79 Å². The molecule has 0 radical (unpaired) electrons. The maximum absolute atomic E-state index is 11.7. The first-order valence-electron chi connectivity index (χ1n) is 7.47. The Bertz CT molecular complexity index is 649. The fraction of sp³-hybridized carbons (Fsp3) is 0.438. The minimum absolute atomic E-state index is 0.107. The van der Waals surface area contributed by atoms with Crippen LogP contribution in [0.25, 0.3) is 5.82 Å². The molecule has 1 amide bonds. The topological polar surface area (TPSA) is 51.0 Å². The Labute approximate surface area is 124 Å². The highest BCUT2D eigenvalue weighted by atomic mass is 16.2. The van der Waals surface area contributed by atoms with E-state index in [1.165, 1.54) is 0 Å². The van der Waals surface area contributed by atoms with Gasteiger partial charge in [0, 0.05) is 32.3 Å². The Hall–Kier alpha value is -2.17. The summed E-state index contributed by atoms with van der Waals surface area (Å²) in [4.78, 5) is 22.8. The van der Waals surface area contributed by atoms with E-state index in [4.69, 9.17) is 4.98 Å². The molecule has 0 unspecified atom stereocenters. The molecule has 21 heavy (non-hydrogen) atoms. The van der Waals surface area contributed by atoms with E-state index in [0.717, 1.165) is 43.1 Å². The number of aryl methyl sites for hydroxylation is 1. The fourth-order valence-corrected chi connectivity index (χ4v) is 3.01. The zero-order chi connectivity index (χ0) is 14.8. The van der Waals surface area contributed by atoms with Crippen LogP contribution < -0.4 is 0 Å². The summed E-state index contributed by atoms with van der Waals surface area (Å²) in [6.07, 6.45) is 6.62. The molecule has 0 N–H and O–H groups in total. The number of rotatable bonds is 3. The van der Waals surface area contributed by atoms with Crippen molar-refractivity contribution >= 4 is 5.91 Å². The molecule has 0 bridgehead atoms. The first-order chi connectivity index (χ1) is 10.2. The summed E-state index contributed by atoms with van der Waals surface area (Å²) in [5, 5.41) is 0. The zero-order valence-corrected chi connectivity index (χ0v) is 12.5. The molecule has 1 fully saturated rings. The summed E-state index contributed by atoms with van der Waals surface area (Å²) in [5.41, 5.74) is 0.968. The number of hydrogen-bond donors (Lipinski definition) is 0. The average Bonchev–Trinajstić information content (AvgIpc) is 3.16. The van der Waals surface area contributed by atoms with E-state index in [9.17, 15) is 4.79 Å². The fourth-order valence-electron chi connectivity index (χ4n) is 3.01. The molecule has 2 aromatic heterocycles. The van der Waals surface area contributed by atoms with Crippen molar-refractivity contribution in [3.8, 4) is 5.82 Å². The van der Waals surface area contributed by atoms with Crippen molar-refractivity contribution in [2.24, 2.45) is 0 Å². The lowest BCUT2D eigenvalue weighted by atomic mass is 10.1. The maximum atomic E-state index is 11.7. The van der Waals surface area contributed by atoms with Gasteiger partial charge >= 0.3 is 0 Å². The van der Waals surface area contributed by atoms with Gasteiger partial charge in [-0.3, -0.25) is 9.36 Å². The first-order valence-corrected chi connectivity index (χ1v) is 7.47. The minimum Gasteiger partial charge on any atom is -0.334 e. The second-order valence-corrected chi connectivity index (χ2v) is 5.36. The second kappa shape index (κ2) is 5.68. The van der Waals surface area contributed by atoms with E-state index in [1.807, 2.05) is 33.9 Å². The summed E-state index contributed by atoms with van der Waals surface area (Å²) in [6.45, 7) is 4.54. The van der Waals surface area contributed by atoms with Gasteiger partial charge in [0.25, 0.3) is 0 Å². The molecule has 1 aliphatic rings. The number of likely N-dealkylation sites (tertiary alicyclic amines) is 1. The second-order valence-electron chi connectivity index (χ2n) is 5.36. The Kier molecular flexibility index (Phi) is 3.73. The van der Waals surface area contributed by atoms with E-state index in [0.29, 0.717) is 0 Å². The van der Waals surface area contributed by atoms with Crippen molar-refractivity contribution in [3.63, 3.8) is 0 Å². The van der Waals surface area contributed by atoms with Crippen LogP contribution in [0.5, 0.6) is 0 Å². The largest absolute Gasteiger partial charge is 0.334 e. The molecular weight excluding hydrogens is 264 g/mol. The van der Waals surface area contributed by atoms with Gasteiger partial charge < -0.3 is 4.90 Å². The van der Waals surface area contributed by atoms with Crippen LogP contribution in [0.3, 0.4) is 0 Å². The number of hydrogen-bond acceptors (Lipinski definition) is 3. The SMILES string of the molecule is CCc1nccn1-c1cccc([C@@H]2CCCN2C(C)=O)n1. The van der Waals surface area contributed by atoms with E-state index < -0.39 is 0 Å². The van der Waals surface area contributed by atoms with E-state index in [2.05, 4.69) is 11.9 Å². The smallest absolute Gasteiger partial charge is 0.220 e. The van der Waals surface area contributed by atoms with Gasteiger partial charge in [-0.05, 0) is 25.0 Å². The molecule has 1 saturated heterocycles. The summed E-state index contributed by atoms with van der Waals surface area (Å²) in [5.74, 6) is 1.99. The first kappa shape index (κ1) is 13.8. The highest BCUT2D eigenvalue weighted by Gasteiger charge is 2.29. The van der Waals surface area contributed by atoms with E-state index in [1.54, 1.807) is 13.1 Å². The number of aromatic nitrogens is 3. The Morgan fingerprint density at radius 1 is 1.43 bits per heavy atom. The van der Waals surface area contributed by atoms with Crippen LogP contribution in [0.2, 0.25) is 0 Å². The van der Waals surface area contributed by atoms with Gasteiger partial charge in [0.2, 0.25) is 5.91 Å². The van der Waals surface area contributed by atoms with E-state index >= 15 is 0 Å². The van der Waals surface area contributed by atoms with Crippen molar-refractivity contribution in [2.75, 3.05) is 6.54 Å². The predicted molar refractivity (Wildman–Crippen MR) is 80.1 cm³/mol. The highest BCUT2D eigenvalue weighted by molar-refractivity contribution is 5.74. The van der Waals surface area contributed by atoms with Crippen LogP contribution in [-0.4, -0.2) is 31.9 Å². The molecule has 5 nitrogen and oxygen atoms in total. The standard InChI is InChI=1S/C16H20N4O/c1-3-15-17-9-11-20(15)16-8-4-6-13(18-16)14-7-5-10-19(14)12(2)21/h4,6,8-9,11,14H,3,5,7,10H2,1-2H3/t14-/m0/s1. The average molecular weight is 284 g/mol. The van der Waals surface area contributed by atoms with E-state index in [-0.39, 0.29) is 11.9 Å². The molecule has 2 aromatic rings. The third-order valence-electron chi connectivity index (χ3n) is 4.04.